The molecule has 29 heavy (non-hydrogen) atoms. The van der Waals surface area contributed by atoms with Gasteiger partial charge in [-0.05, 0) is 43.4 Å². The van der Waals surface area contributed by atoms with E-state index in [0.717, 1.165) is 11.3 Å². The molecule has 7 nitrogen and oxygen atoms in total. The zero-order valence-electron chi connectivity index (χ0n) is 16.2. The first-order chi connectivity index (χ1) is 13.9. The molecule has 0 amide bonds. The van der Waals surface area contributed by atoms with Crippen LogP contribution in [0, 0.1) is 11.7 Å². The summed E-state index contributed by atoms with van der Waals surface area (Å²) in [6, 6.07) is 16.8. The summed E-state index contributed by atoms with van der Waals surface area (Å²) in [5.74, 6) is 0. The molecule has 152 valence electrons. The maximum Gasteiger partial charge on any atom is 0.243 e. The molecule has 1 saturated heterocycles. The number of hydrogen-bond acceptors (Lipinski definition) is 5. The molecule has 0 bridgehead atoms. The fraction of sp³-hybridized carbons (Fsp3) is 0.300. The average molecular weight is 430 g/mol. The number of hydrogen-bond donors (Lipinski definition) is 0. The molecule has 0 aliphatic carbocycles. The number of benzene rings is 2. The Balaban J connectivity index is 1.41. The molecule has 1 aliphatic heterocycles. The van der Waals surface area contributed by atoms with Gasteiger partial charge in [-0.1, -0.05) is 35.9 Å². The van der Waals surface area contributed by atoms with Crippen molar-refractivity contribution in [1.82, 2.24) is 23.6 Å². The van der Waals surface area contributed by atoms with Gasteiger partial charge in [-0.25, -0.2) is 13.1 Å². The molecular weight excluding hydrogens is 406 g/mol. The van der Waals surface area contributed by atoms with Crippen molar-refractivity contribution in [2.75, 3.05) is 26.2 Å². The Bertz CT molecular complexity index is 1130. The monoisotopic (exact) mass is 429 g/mol. The number of sulfonamides is 1. The van der Waals surface area contributed by atoms with Gasteiger partial charge < -0.3 is 0 Å². The van der Waals surface area contributed by atoms with Gasteiger partial charge in [-0.3, -0.25) is 9.47 Å². The highest BCUT2D eigenvalue weighted by molar-refractivity contribution is 7.89. The van der Waals surface area contributed by atoms with Crippen LogP contribution in [0.1, 0.15) is 5.56 Å². The van der Waals surface area contributed by atoms with E-state index in [4.69, 9.17) is 12.2 Å². The van der Waals surface area contributed by atoms with Crippen LogP contribution in [-0.2, 0) is 16.7 Å². The maximum absolute atomic E-state index is 12.8. The van der Waals surface area contributed by atoms with E-state index in [1.807, 2.05) is 54.0 Å². The van der Waals surface area contributed by atoms with Gasteiger partial charge in [-0.2, -0.15) is 9.40 Å². The van der Waals surface area contributed by atoms with Crippen LogP contribution >= 0.6 is 12.2 Å². The van der Waals surface area contributed by atoms with Crippen LogP contribution in [0.15, 0.2) is 65.8 Å². The number of aryl methyl sites for hydroxylation is 1. The van der Waals surface area contributed by atoms with Crippen molar-refractivity contribution >= 4 is 22.2 Å². The number of nitrogens with zero attached hydrogens (tertiary/aromatic N) is 5. The van der Waals surface area contributed by atoms with Crippen molar-refractivity contribution in [3.05, 3.63) is 71.3 Å². The number of aromatic nitrogens is 3. The van der Waals surface area contributed by atoms with Crippen LogP contribution in [0.4, 0.5) is 0 Å². The van der Waals surface area contributed by atoms with Crippen molar-refractivity contribution in [1.29, 1.82) is 0 Å². The molecule has 1 aromatic heterocycles. The van der Waals surface area contributed by atoms with Crippen LogP contribution in [-0.4, -0.2) is 58.1 Å². The molecule has 9 heteroatoms. The fourth-order valence-corrected chi connectivity index (χ4v) is 5.04. The second-order valence-electron chi connectivity index (χ2n) is 7.10. The Morgan fingerprint density at radius 1 is 0.966 bits per heavy atom. The third kappa shape index (κ3) is 4.18. The lowest BCUT2D eigenvalue weighted by Gasteiger charge is -2.33. The molecule has 2 aromatic carbocycles. The van der Waals surface area contributed by atoms with E-state index >= 15 is 0 Å². The third-order valence-corrected chi connectivity index (χ3v) is 7.41. The Labute approximate surface area is 175 Å². The highest BCUT2D eigenvalue weighted by Crippen LogP contribution is 2.18. The molecule has 1 fully saturated rings. The normalized spacial score (nSPS) is 16.2. The summed E-state index contributed by atoms with van der Waals surface area (Å²) >= 11 is 5.56. The van der Waals surface area contributed by atoms with E-state index in [1.165, 1.54) is 0 Å². The molecule has 2 heterocycles. The largest absolute Gasteiger partial charge is 0.282 e. The molecule has 4 rings (SSSR count). The predicted octanol–water partition coefficient (Wildman–Crippen LogP) is 2.68. The van der Waals surface area contributed by atoms with E-state index in [-0.39, 0.29) is 0 Å². The van der Waals surface area contributed by atoms with Gasteiger partial charge in [0, 0.05) is 31.9 Å². The lowest BCUT2D eigenvalue weighted by Crippen LogP contribution is -2.48. The van der Waals surface area contributed by atoms with E-state index in [0.29, 0.717) is 42.5 Å². The average Bonchev–Trinajstić information content (AvgIpc) is 3.09. The summed E-state index contributed by atoms with van der Waals surface area (Å²) in [5.41, 5.74) is 2.01. The van der Waals surface area contributed by atoms with Crippen molar-refractivity contribution in [3.8, 4) is 5.69 Å². The number of rotatable bonds is 5. The van der Waals surface area contributed by atoms with E-state index < -0.39 is 10.0 Å². The molecular formula is C20H23N5O2S2. The predicted molar refractivity (Wildman–Crippen MR) is 114 cm³/mol. The van der Waals surface area contributed by atoms with E-state index in [2.05, 4.69) is 10.00 Å². The maximum atomic E-state index is 12.8. The molecule has 0 radical (unpaired) electrons. The van der Waals surface area contributed by atoms with Gasteiger partial charge in [-0.15, -0.1) is 0 Å². The van der Waals surface area contributed by atoms with Gasteiger partial charge in [0.15, 0.2) is 0 Å². The molecule has 0 saturated carbocycles. The van der Waals surface area contributed by atoms with Crippen molar-refractivity contribution in [2.45, 2.75) is 18.5 Å². The van der Waals surface area contributed by atoms with Gasteiger partial charge in [0.1, 0.15) is 6.33 Å². The Hall–Kier alpha value is -2.33. The quantitative estimate of drug-likeness (QED) is 0.584. The lowest BCUT2D eigenvalue weighted by molar-refractivity contribution is 0.144. The minimum Gasteiger partial charge on any atom is -0.282 e. The zero-order valence-corrected chi connectivity index (χ0v) is 17.8. The minimum atomic E-state index is -3.46. The first-order valence-electron chi connectivity index (χ1n) is 9.44. The Morgan fingerprint density at radius 3 is 2.28 bits per heavy atom. The number of piperazine rings is 1. The molecule has 1 aliphatic rings. The van der Waals surface area contributed by atoms with E-state index in [1.54, 1.807) is 27.4 Å². The molecule has 0 atom stereocenters. The first-order valence-corrected chi connectivity index (χ1v) is 11.3. The molecule has 0 unspecified atom stereocenters. The van der Waals surface area contributed by atoms with Crippen LogP contribution in [0.2, 0.25) is 0 Å². The second-order valence-corrected chi connectivity index (χ2v) is 9.40. The summed E-state index contributed by atoms with van der Waals surface area (Å²) < 4.78 is 31.5. The van der Waals surface area contributed by atoms with Crippen molar-refractivity contribution in [3.63, 3.8) is 0 Å². The Kier molecular flexibility index (Phi) is 5.64. The molecule has 3 aromatic rings. The number of para-hydroxylation sites is 1. The zero-order chi connectivity index (χ0) is 20.4. The van der Waals surface area contributed by atoms with Gasteiger partial charge in [0.05, 0.1) is 11.6 Å². The van der Waals surface area contributed by atoms with Gasteiger partial charge in [0.2, 0.25) is 14.8 Å². The summed E-state index contributed by atoms with van der Waals surface area (Å²) in [5, 5.41) is 4.41. The van der Waals surface area contributed by atoms with E-state index in [9.17, 15) is 8.42 Å². The summed E-state index contributed by atoms with van der Waals surface area (Å²) in [7, 11) is -3.46. The Morgan fingerprint density at radius 2 is 1.62 bits per heavy atom. The molecule has 0 spiro atoms. The van der Waals surface area contributed by atoms with Crippen LogP contribution < -0.4 is 0 Å². The topological polar surface area (TPSA) is 63.4 Å². The van der Waals surface area contributed by atoms with Crippen molar-refractivity contribution in [2.24, 2.45) is 0 Å². The minimum absolute atomic E-state index is 0.348. The van der Waals surface area contributed by atoms with Crippen molar-refractivity contribution < 1.29 is 8.42 Å². The highest BCUT2D eigenvalue weighted by atomic mass is 32.2. The standard InChI is InChI=1S/C20H23N5O2S2/c1-17-7-9-19(10-8-17)29(26,27)23-13-11-22(12-14-23)16-25-20(28)24(15-21-25)18-5-3-2-4-6-18/h2-10,15H,11-14,16H2,1H3. The van der Waals surface area contributed by atoms with Gasteiger partial charge in [0.25, 0.3) is 0 Å². The molecule has 0 N–H and O–H groups in total. The summed E-state index contributed by atoms with van der Waals surface area (Å²) in [4.78, 5) is 2.51. The fourth-order valence-electron chi connectivity index (χ4n) is 3.36. The lowest BCUT2D eigenvalue weighted by atomic mass is 10.2. The van der Waals surface area contributed by atoms with Crippen LogP contribution in [0.3, 0.4) is 0 Å². The summed E-state index contributed by atoms with van der Waals surface area (Å²) in [6.07, 6.45) is 1.72. The summed E-state index contributed by atoms with van der Waals surface area (Å²) in [6.45, 7) is 4.64. The SMILES string of the molecule is Cc1ccc(S(=O)(=O)N2CCN(Cn3ncn(-c4ccccc4)c3=S)CC2)cc1. The van der Waals surface area contributed by atoms with Crippen LogP contribution in [0.5, 0.6) is 0 Å². The highest BCUT2D eigenvalue weighted by Gasteiger charge is 2.28. The first kappa shape index (κ1) is 20.0. The third-order valence-electron chi connectivity index (χ3n) is 5.09. The smallest absolute Gasteiger partial charge is 0.243 e. The second kappa shape index (κ2) is 8.19. The van der Waals surface area contributed by atoms with Crippen LogP contribution in [0.25, 0.3) is 5.69 Å². The van der Waals surface area contributed by atoms with Gasteiger partial charge >= 0.3 is 0 Å².